The molecule has 0 bridgehead atoms. The summed E-state index contributed by atoms with van der Waals surface area (Å²) < 4.78 is 0. The molecule has 0 aliphatic carbocycles. The molecule has 0 saturated heterocycles. The van der Waals surface area contributed by atoms with E-state index in [1.807, 2.05) is 6.07 Å². The van der Waals surface area contributed by atoms with Crippen molar-refractivity contribution in [3.63, 3.8) is 0 Å². The van der Waals surface area contributed by atoms with Gasteiger partial charge in [0.05, 0.1) is 22.5 Å². The van der Waals surface area contributed by atoms with Gasteiger partial charge in [0, 0.05) is 13.2 Å². The van der Waals surface area contributed by atoms with Crippen molar-refractivity contribution in [1.29, 1.82) is 0 Å². The SMILES string of the molecule is CN(Cc1nc2ccccc2c(=O)[nH]1)C(=O)c1cc(Cl)c[nH]1. The molecule has 1 amide bonds. The van der Waals surface area contributed by atoms with Crippen molar-refractivity contribution >= 4 is 28.4 Å². The predicted molar refractivity (Wildman–Crippen MR) is 84.0 cm³/mol. The van der Waals surface area contributed by atoms with Crippen molar-refractivity contribution in [2.24, 2.45) is 0 Å². The summed E-state index contributed by atoms with van der Waals surface area (Å²) in [4.78, 5) is 35.5. The Morgan fingerprint density at radius 3 is 2.86 bits per heavy atom. The van der Waals surface area contributed by atoms with Gasteiger partial charge in [0.1, 0.15) is 11.5 Å². The maximum absolute atomic E-state index is 12.2. The Labute approximate surface area is 130 Å². The van der Waals surface area contributed by atoms with Crippen LogP contribution in [0.15, 0.2) is 41.3 Å². The second-order valence-corrected chi connectivity index (χ2v) is 5.36. The highest BCUT2D eigenvalue weighted by Gasteiger charge is 2.15. The molecule has 6 nitrogen and oxygen atoms in total. The average Bonchev–Trinajstić information content (AvgIpc) is 2.93. The number of amides is 1. The van der Waals surface area contributed by atoms with Crippen molar-refractivity contribution in [2.75, 3.05) is 7.05 Å². The molecule has 2 heterocycles. The number of halogens is 1. The second-order valence-electron chi connectivity index (χ2n) is 4.92. The van der Waals surface area contributed by atoms with E-state index in [0.717, 1.165) is 0 Å². The summed E-state index contributed by atoms with van der Waals surface area (Å²) in [5.74, 6) is 0.194. The highest BCUT2D eigenvalue weighted by Crippen LogP contribution is 2.12. The minimum absolute atomic E-state index is 0.190. The lowest BCUT2D eigenvalue weighted by Gasteiger charge is -2.15. The number of hydrogen-bond acceptors (Lipinski definition) is 3. The zero-order chi connectivity index (χ0) is 15.7. The number of aromatic nitrogens is 3. The summed E-state index contributed by atoms with van der Waals surface area (Å²) in [6, 6.07) is 8.62. The Hall–Kier alpha value is -2.60. The molecule has 2 aromatic heterocycles. The van der Waals surface area contributed by atoms with Crippen LogP contribution in [0, 0.1) is 0 Å². The lowest BCUT2D eigenvalue weighted by atomic mass is 10.2. The van der Waals surface area contributed by atoms with E-state index in [1.54, 1.807) is 37.5 Å². The van der Waals surface area contributed by atoms with Gasteiger partial charge in [0.2, 0.25) is 0 Å². The number of nitrogens with one attached hydrogen (secondary N) is 2. The lowest BCUT2D eigenvalue weighted by Crippen LogP contribution is -2.28. The second kappa shape index (κ2) is 5.65. The van der Waals surface area contributed by atoms with E-state index in [9.17, 15) is 9.59 Å². The summed E-state index contributed by atoms with van der Waals surface area (Å²) >= 11 is 5.79. The normalized spacial score (nSPS) is 10.8. The summed E-state index contributed by atoms with van der Waals surface area (Å²) in [5.41, 5.74) is 0.769. The number of carbonyl (C=O) groups excluding carboxylic acids is 1. The molecule has 22 heavy (non-hydrogen) atoms. The number of aromatic amines is 2. The Balaban J connectivity index is 1.86. The van der Waals surface area contributed by atoms with Gasteiger partial charge in [-0.15, -0.1) is 0 Å². The molecule has 0 fully saturated rings. The third-order valence-electron chi connectivity index (χ3n) is 3.27. The van der Waals surface area contributed by atoms with Gasteiger partial charge in [-0.2, -0.15) is 0 Å². The zero-order valence-corrected chi connectivity index (χ0v) is 12.5. The van der Waals surface area contributed by atoms with Gasteiger partial charge < -0.3 is 14.9 Å². The molecule has 0 saturated carbocycles. The van der Waals surface area contributed by atoms with Crippen LogP contribution in [0.3, 0.4) is 0 Å². The molecule has 0 atom stereocenters. The van der Waals surface area contributed by atoms with Crippen LogP contribution < -0.4 is 5.56 Å². The monoisotopic (exact) mass is 316 g/mol. The van der Waals surface area contributed by atoms with Crippen molar-refractivity contribution in [3.05, 3.63) is 63.4 Å². The summed E-state index contributed by atoms with van der Waals surface area (Å²) in [6.07, 6.45) is 1.54. The average molecular weight is 317 g/mol. The highest BCUT2D eigenvalue weighted by atomic mass is 35.5. The van der Waals surface area contributed by atoms with Gasteiger partial charge in [-0.05, 0) is 18.2 Å². The van der Waals surface area contributed by atoms with E-state index in [1.165, 1.54) is 4.90 Å². The van der Waals surface area contributed by atoms with Gasteiger partial charge in [0.25, 0.3) is 11.5 Å². The first-order valence-electron chi connectivity index (χ1n) is 6.62. The first-order valence-corrected chi connectivity index (χ1v) is 7.00. The van der Waals surface area contributed by atoms with Gasteiger partial charge in [-0.1, -0.05) is 23.7 Å². The Morgan fingerprint density at radius 1 is 1.36 bits per heavy atom. The van der Waals surface area contributed by atoms with Crippen LogP contribution in [0.2, 0.25) is 5.02 Å². The van der Waals surface area contributed by atoms with Crippen molar-refractivity contribution in [1.82, 2.24) is 19.9 Å². The minimum Gasteiger partial charge on any atom is -0.356 e. The third kappa shape index (κ3) is 2.73. The van der Waals surface area contributed by atoms with Crippen LogP contribution >= 0.6 is 11.6 Å². The fourth-order valence-corrected chi connectivity index (χ4v) is 2.37. The number of carbonyl (C=O) groups is 1. The first kappa shape index (κ1) is 14.3. The van der Waals surface area contributed by atoms with E-state index >= 15 is 0 Å². The summed E-state index contributed by atoms with van der Waals surface area (Å²) in [5, 5.41) is 0.991. The number of nitrogens with zero attached hydrogens (tertiary/aromatic N) is 2. The van der Waals surface area contributed by atoms with Crippen LogP contribution in [0.5, 0.6) is 0 Å². The molecule has 0 spiro atoms. The van der Waals surface area contributed by atoms with Crippen molar-refractivity contribution < 1.29 is 4.79 Å². The standard InChI is InChI=1S/C15H13ClN4O2/c1-20(15(22)12-6-9(16)7-17-12)8-13-18-11-5-3-2-4-10(11)14(21)19-13/h2-7,17H,8H2,1H3,(H,18,19,21). The fraction of sp³-hybridized carbons (Fsp3) is 0.133. The minimum atomic E-state index is -0.234. The van der Waals surface area contributed by atoms with Gasteiger partial charge in [-0.3, -0.25) is 9.59 Å². The van der Waals surface area contributed by atoms with E-state index in [4.69, 9.17) is 11.6 Å². The molecule has 0 radical (unpaired) electrons. The zero-order valence-electron chi connectivity index (χ0n) is 11.8. The van der Waals surface area contributed by atoms with Crippen LogP contribution in [-0.2, 0) is 6.54 Å². The first-order chi connectivity index (χ1) is 10.5. The summed E-state index contributed by atoms with van der Waals surface area (Å²) in [7, 11) is 1.63. The Morgan fingerprint density at radius 2 is 2.14 bits per heavy atom. The quantitative estimate of drug-likeness (QED) is 0.777. The maximum atomic E-state index is 12.2. The van der Waals surface area contributed by atoms with Gasteiger partial charge in [-0.25, -0.2) is 4.98 Å². The molecular formula is C15H13ClN4O2. The molecule has 0 unspecified atom stereocenters. The highest BCUT2D eigenvalue weighted by molar-refractivity contribution is 6.30. The maximum Gasteiger partial charge on any atom is 0.270 e. The molecule has 7 heteroatoms. The van der Waals surface area contributed by atoms with E-state index in [0.29, 0.717) is 27.4 Å². The van der Waals surface area contributed by atoms with Crippen LogP contribution in [-0.4, -0.2) is 32.8 Å². The van der Waals surface area contributed by atoms with Crippen LogP contribution in [0.1, 0.15) is 16.3 Å². The predicted octanol–water partition coefficient (Wildman–Crippen LogP) is 2.18. The van der Waals surface area contributed by atoms with Crippen LogP contribution in [0.25, 0.3) is 10.9 Å². The lowest BCUT2D eigenvalue weighted by molar-refractivity contribution is 0.0776. The molecule has 0 aliphatic rings. The molecular weight excluding hydrogens is 304 g/mol. The number of H-pyrrole nitrogens is 2. The topological polar surface area (TPSA) is 81.8 Å². The summed E-state index contributed by atoms with van der Waals surface area (Å²) in [6.45, 7) is 0.190. The van der Waals surface area contributed by atoms with Crippen molar-refractivity contribution in [3.8, 4) is 0 Å². The molecule has 3 aromatic rings. The van der Waals surface area contributed by atoms with E-state index in [-0.39, 0.29) is 18.0 Å². The largest absolute Gasteiger partial charge is 0.356 e. The Kier molecular flexibility index (Phi) is 3.68. The fourth-order valence-electron chi connectivity index (χ4n) is 2.20. The molecule has 1 aromatic carbocycles. The Bertz CT molecular complexity index is 900. The molecule has 2 N–H and O–H groups in total. The van der Waals surface area contributed by atoms with E-state index in [2.05, 4.69) is 15.0 Å². The molecule has 0 aliphatic heterocycles. The van der Waals surface area contributed by atoms with Gasteiger partial charge in [0.15, 0.2) is 0 Å². The number of rotatable bonds is 3. The molecule has 112 valence electrons. The number of benzene rings is 1. The molecule has 3 rings (SSSR count). The number of hydrogen-bond donors (Lipinski definition) is 2. The number of fused-ring (bicyclic) bond motifs is 1. The van der Waals surface area contributed by atoms with E-state index < -0.39 is 0 Å². The smallest absolute Gasteiger partial charge is 0.270 e. The third-order valence-corrected chi connectivity index (χ3v) is 3.49. The number of para-hydroxylation sites is 1. The van der Waals surface area contributed by atoms with Crippen molar-refractivity contribution in [2.45, 2.75) is 6.54 Å². The van der Waals surface area contributed by atoms with Crippen LogP contribution in [0.4, 0.5) is 0 Å². The van der Waals surface area contributed by atoms with Gasteiger partial charge >= 0.3 is 0 Å².